The molecule has 0 radical (unpaired) electrons. The summed E-state index contributed by atoms with van der Waals surface area (Å²) in [5.41, 5.74) is 1.32. The summed E-state index contributed by atoms with van der Waals surface area (Å²) < 4.78 is 0. The summed E-state index contributed by atoms with van der Waals surface area (Å²) in [6.07, 6.45) is 11.0. The number of hydrogen-bond acceptors (Lipinski definition) is 3. The van der Waals surface area contributed by atoms with E-state index in [4.69, 9.17) is 0 Å². The molecule has 146 valence electrons. The maximum Gasteiger partial charge on any atom is 0.165 e. The number of aliphatic hydroxyl groups excluding tert-OH is 1. The average Bonchev–Trinajstić information content (AvgIpc) is 3.24. The Morgan fingerprint density at radius 2 is 2.00 bits per heavy atom. The fourth-order valence-electron chi connectivity index (χ4n) is 7.58. The van der Waals surface area contributed by atoms with Crippen LogP contribution in [0.1, 0.15) is 70.1 Å². The Kier molecular flexibility index (Phi) is 4.22. The van der Waals surface area contributed by atoms with Gasteiger partial charge in [0, 0.05) is 10.3 Å². The van der Waals surface area contributed by atoms with Gasteiger partial charge in [0.25, 0.3) is 0 Å². The normalized spacial score (nSPS) is 48.2. The number of aliphatic hydroxyl groups is 1. The van der Waals surface area contributed by atoms with Crippen LogP contribution in [0.2, 0.25) is 0 Å². The third-order valence-electron chi connectivity index (χ3n) is 9.14. The number of thiophene rings is 1. The topological polar surface area (TPSA) is 37.3 Å². The van der Waals surface area contributed by atoms with Crippen LogP contribution in [0.3, 0.4) is 0 Å². The number of Topliss-reactive ketones (excluding diaryl/α,β-unsaturated/α-hetero) is 1. The van der Waals surface area contributed by atoms with Crippen molar-refractivity contribution in [3.8, 4) is 0 Å². The summed E-state index contributed by atoms with van der Waals surface area (Å²) in [5.74, 6) is 3.09. The smallest absolute Gasteiger partial charge is 0.165 e. The molecular weight excluding hydrogens is 352 g/mol. The standard InChI is InChI=1S/C24H32O2S/c1-23-9-7-17(25)14-16(23)5-6-19-20(23)8-10-24(2)21(19)13-15(22(24)26)12-18-4-3-11-27-18/h3-4,11-12,16-17,19-21,25H,5-10,13-14H2,1-2H3/b15-12+/t16-,17+,19-,20+,21+,23-,24+/m0/s1. The molecule has 3 heteroatoms. The minimum absolute atomic E-state index is 0.0816. The number of rotatable bonds is 1. The highest BCUT2D eigenvalue weighted by Crippen LogP contribution is 2.66. The van der Waals surface area contributed by atoms with Crippen molar-refractivity contribution in [3.63, 3.8) is 0 Å². The zero-order valence-corrected chi connectivity index (χ0v) is 17.4. The van der Waals surface area contributed by atoms with Crippen LogP contribution in [-0.4, -0.2) is 17.0 Å². The van der Waals surface area contributed by atoms with Crippen molar-refractivity contribution >= 4 is 23.2 Å². The van der Waals surface area contributed by atoms with Gasteiger partial charge in [0.2, 0.25) is 0 Å². The molecule has 4 aliphatic carbocycles. The molecule has 0 spiro atoms. The van der Waals surface area contributed by atoms with Gasteiger partial charge in [0.05, 0.1) is 6.10 Å². The molecule has 4 fully saturated rings. The van der Waals surface area contributed by atoms with Crippen LogP contribution in [0.4, 0.5) is 0 Å². The molecule has 0 bridgehead atoms. The SMILES string of the molecule is C[C@]12CC[C@@H](O)C[C@@H]1CC[C@H]1[C@H]2CC[C@@]2(C)C(=O)/C(=C/c3cccs3)C[C@H]12. The van der Waals surface area contributed by atoms with Gasteiger partial charge >= 0.3 is 0 Å². The van der Waals surface area contributed by atoms with Gasteiger partial charge in [-0.15, -0.1) is 11.3 Å². The lowest BCUT2D eigenvalue weighted by atomic mass is 9.45. The van der Waals surface area contributed by atoms with Crippen LogP contribution in [0.25, 0.3) is 6.08 Å². The first-order valence-corrected chi connectivity index (χ1v) is 11.8. The Morgan fingerprint density at radius 1 is 1.15 bits per heavy atom. The van der Waals surface area contributed by atoms with Crippen molar-refractivity contribution in [2.24, 2.45) is 34.5 Å². The van der Waals surface area contributed by atoms with Crippen LogP contribution in [0, 0.1) is 34.5 Å². The number of allylic oxidation sites excluding steroid dienone is 1. The summed E-state index contributed by atoms with van der Waals surface area (Å²) in [4.78, 5) is 14.6. The molecule has 1 heterocycles. The van der Waals surface area contributed by atoms with E-state index in [0.717, 1.165) is 37.2 Å². The van der Waals surface area contributed by atoms with Gasteiger partial charge in [-0.3, -0.25) is 4.79 Å². The number of carbonyl (C=O) groups excluding carboxylic acids is 1. The summed E-state index contributed by atoms with van der Waals surface area (Å²) in [5, 5.41) is 12.3. The van der Waals surface area contributed by atoms with Gasteiger partial charge in [-0.1, -0.05) is 19.9 Å². The number of hydrogen-bond donors (Lipinski definition) is 1. The number of carbonyl (C=O) groups is 1. The summed E-state index contributed by atoms with van der Waals surface area (Å²) in [7, 11) is 0. The van der Waals surface area contributed by atoms with E-state index in [1.807, 2.05) is 0 Å². The van der Waals surface area contributed by atoms with Crippen LogP contribution >= 0.6 is 11.3 Å². The van der Waals surface area contributed by atoms with Gasteiger partial charge < -0.3 is 5.11 Å². The first-order chi connectivity index (χ1) is 12.9. The molecule has 4 saturated carbocycles. The maximum atomic E-state index is 13.4. The number of fused-ring (bicyclic) bond motifs is 5. The van der Waals surface area contributed by atoms with E-state index >= 15 is 0 Å². The largest absolute Gasteiger partial charge is 0.393 e. The molecule has 0 aromatic carbocycles. The predicted octanol–water partition coefficient (Wildman–Crippen LogP) is 5.71. The van der Waals surface area contributed by atoms with Crippen LogP contribution in [-0.2, 0) is 4.79 Å². The lowest BCUT2D eigenvalue weighted by Crippen LogP contribution is -2.54. The highest BCUT2D eigenvalue weighted by Gasteiger charge is 2.61. The molecule has 2 nitrogen and oxygen atoms in total. The van der Waals surface area contributed by atoms with E-state index in [1.165, 1.54) is 30.6 Å². The first kappa shape index (κ1) is 18.1. The van der Waals surface area contributed by atoms with E-state index in [9.17, 15) is 9.90 Å². The Balaban J connectivity index is 1.46. The monoisotopic (exact) mass is 384 g/mol. The van der Waals surface area contributed by atoms with Crippen molar-refractivity contribution < 1.29 is 9.90 Å². The molecule has 4 aliphatic rings. The van der Waals surface area contributed by atoms with Crippen LogP contribution in [0.5, 0.6) is 0 Å². The Morgan fingerprint density at radius 3 is 2.78 bits per heavy atom. The molecule has 0 amide bonds. The fraction of sp³-hybridized carbons (Fsp3) is 0.708. The van der Waals surface area contributed by atoms with Gasteiger partial charge in [0.15, 0.2) is 5.78 Å². The maximum absolute atomic E-state index is 13.4. The highest BCUT2D eigenvalue weighted by molar-refractivity contribution is 7.10. The Labute approximate surface area is 167 Å². The summed E-state index contributed by atoms with van der Waals surface area (Å²) in [6.45, 7) is 4.78. The minimum Gasteiger partial charge on any atom is -0.393 e. The third-order valence-corrected chi connectivity index (χ3v) is 9.96. The fourth-order valence-corrected chi connectivity index (χ4v) is 8.26. The molecule has 1 aromatic rings. The van der Waals surface area contributed by atoms with Gasteiger partial charge in [0.1, 0.15) is 0 Å². The molecule has 27 heavy (non-hydrogen) atoms. The second-order valence-corrected chi connectivity index (χ2v) is 11.2. The summed E-state index contributed by atoms with van der Waals surface area (Å²) in [6, 6.07) is 4.19. The second-order valence-electron chi connectivity index (χ2n) is 10.3. The van der Waals surface area contributed by atoms with Gasteiger partial charge in [-0.25, -0.2) is 0 Å². The van der Waals surface area contributed by atoms with E-state index in [1.54, 1.807) is 11.3 Å². The van der Waals surface area contributed by atoms with Crippen molar-refractivity contribution in [1.29, 1.82) is 0 Å². The summed E-state index contributed by atoms with van der Waals surface area (Å²) >= 11 is 1.73. The highest BCUT2D eigenvalue weighted by atomic mass is 32.1. The molecule has 1 N–H and O–H groups in total. The lowest BCUT2D eigenvalue weighted by molar-refractivity contribution is -0.141. The molecule has 1 aromatic heterocycles. The average molecular weight is 385 g/mol. The van der Waals surface area contributed by atoms with E-state index in [2.05, 4.69) is 37.4 Å². The molecule has 5 rings (SSSR count). The zero-order chi connectivity index (χ0) is 18.8. The Bertz CT molecular complexity index is 765. The van der Waals surface area contributed by atoms with Gasteiger partial charge in [-0.2, -0.15) is 0 Å². The van der Waals surface area contributed by atoms with Crippen molar-refractivity contribution in [2.45, 2.75) is 71.3 Å². The van der Waals surface area contributed by atoms with E-state index in [-0.39, 0.29) is 11.5 Å². The van der Waals surface area contributed by atoms with Gasteiger partial charge in [-0.05, 0) is 104 Å². The Hall–Kier alpha value is -0.930. The molecule has 0 unspecified atom stereocenters. The molecule has 0 aliphatic heterocycles. The van der Waals surface area contributed by atoms with Crippen molar-refractivity contribution in [3.05, 3.63) is 28.0 Å². The predicted molar refractivity (Wildman–Crippen MR) is 110 cm³/mol. The van der Waals surface area contributed by atoms with E-state index < -0.39 is 0 Å². The molecular formula is C24H32O2S. The quantitative estimate of drug-likeness (QED) is 0.629. The number of ketones is 1. The molecule has 7 atom stereocenters. The first-order valence-electron chi connectivity index (χ1n) is 10.9. The molecule has 0 saturated heterocycles. The lowest BCUT2D eigenvalue weighted by Gasteiger charge is -2.59. The second kappa shape index (κ2) is 6.29. The van der Waals surface area contributed by atoms with E-state index in [0.29, 0.717) is 29.0 Å². The third kappa shape index (κ3) is 2.64. The minimum atomic E-state index is -0.137. The van der Waals surface area contributed by atoms with Crippen LogP contribution in [0.15, 0.2) is 23.1 Å². The van der Waals surface area contributed by atoms with Crippen molar-refractivity contribution in [2.75, 3.05) is 0 Å². The van der Waals surface area contributed by atoms with Crippen molar-refractivity contribution in [1.82, 2.24) is 0 Å². The van der Waals surface area contributed by atoms with Crippen LogP contribution < -0.4 is 0 Å². The zero-order valence-electron chi connectivity index (χ0n) is 16.6.